The van der Waals surface area contributed by atoms with Gasteiger partial charge in [0.1, 0.15) is 49.3 Å². The normalized spacial score (nSPS) is 21.7. The molecule has 2 aliphatic heterocycles. The van der Waals surface area contributed by atoms with Crippen LogP contribution in [0.3, 0.4) is 0 Å². The van der Waals surface area contributed by atoms with E-state index in [4.69, 9.17) is 28.4 Å². The molecule has 2 fully saturated rings. The van der Waals surface area contributed by atoms with Crippen molar-refractivity contribution in [2.24, 2.45) is 0 Å². The number of nitro groups is 1. The van der Waals surface area contributed by atoms with Crippen molar-refractivity contribution < 1.29 is 43.2 Å². The minimum absolute atomic E-state index is 0.0685. The molecule has 0 amide bonds. The third-order valence-electron chi connectivity index (χ3n) is 6.32. The molecule has 2 aromatic rings. The van der Waals surface area contributed by atoms with E-state index in [9.17, 15) is 20.0 Å². The number of hydrogen-bond donors (Lipinski definition) is 1. The molecule has 40 heavy (non-hydrogen) atoms. The molecule has 3 atom stereocenters. The number of carbonyl (C=O) groups is 1. The maximum atomic E-state index is 10.8. The number of benzene rings is 2. The summed E-state index contributed by atoms with van der Waals surface area (Å²) in [5, 5.41) is 20.4. The molecule has 1 N–H and O–H groups in total. The van der Waals surface area contributed by atoms with Gasteiger partial charge in [-0.1, -0.05) is 12.1 Å². The van der Waals surface area contributed by atoms with Gasteiger partial charge in [0.2, 0.25) is 6.54 Å². The number of aldehydes is 1. The molecule has 0 saturated carbocycles. The van der Waals surface area contributed by atoms with E-state index in [1.54, 1.807) is 31.2 Å². The fourth-order valence-electron chi connectivity index (χ4n) is 4.21. The molecule has 0 aliphatic carbocycles. The monoisotopic (exact) mass is 561 g/mol. The Kier molecular flexibility index (Phi) is 10.6. The molecule has 2 heterocycles. The van der Waals surface area contributed by atoms with E-state index in [1.807, 2.05) is 46.8 Å². The number of hydrogen-bond acceptors (Lipinski definition) is 10. The zero-order chi connectivity index (χ0) is 29.5. The van der Waals surface area contributed by atoms with Crippen LogP contribution in [0.2, 0.25) is 0 Å². The average molecular weight is 562 g/mol. The number of nitrogens with zero attached hydrogens (tertiary/aromatic N) is 1. The summed E-state index contributed by atoms with van der Waals surface area (Å²) in [5.41, 5.74) is 2.87. The SMILES string of the molecule is Cc1ccc(OC[C@H]2COC(C)(C)O2)cc1C=O.Cc1ccc(OC[C@H]2COC(C)(C)O2)cc1[C@H](O)C[N+](=O)[O-]. The summed E-state index contributed by atoms with van der Waals surface area (Å²) < 4.78 is 33.4. The van der Waals surface area contributed by atoms with Gasteiger partial charge in [-0.15, -0.1) is 0 Å². The predicted octanol–water partition coefficient (Wildman–Crippen LogP) is 4.17. The molecule has 11 nitrogen and oxygen atoms in total. The van der Waals surface area contributed by atoms with Gasteiger partial charge in [0.05, 0.1) is 13.2 Å². The zero-order valence-corrected chi connectivity index (χ0v) is 23.9. The van der Waals surface area contributed by atoms with E-state index in [2.05, 4.69) is 0 Å². The fourth-order valence-corrected chi connectivity index (χ4v) is 4.21. The molecule has 2 aromatic carbocycles. The number of aryl methyl sites for hydroxylation is 2. The van der Waals surface area contributed by atoms with E-state index in [0.717, 1.165) is 17.4 Å². The minimum atomic E-state index is -1.15. The molecule has 2 aliphatic rings. The number of ether oxygens (including phenoxy) is 6. The minimum Gasteiger partial charge on any atom is -0.491 e. The van der Waals surface area contributed by atoms with Gasteiger partial charge in [0, 0.05) is 10.5 Å². The molecule has 4 rings (SSSR count). The third-order valence-corrected chi connectivity index (χ3v) is 6.32. The van der Waals surface area contributed by atoms with Gasteiger partial charge < -0.3 is 33.5 Å². The first-order valence-corrected chi connectivity index (χ1v) is 13.1. The summed E-state index contributed by atoms with van der Waals surface area (Å²) in [5.74, 6) is 0.0798. The Morgan fingerprint density at radius 3 is 1.90 bits per heavy atom. The summed E-state index contributed by atoms with van der Waals surface area (Å²) >= 11 is 0. The Hall–Kier alpha value is -3.09. The molecule has 11 heteroatoms. The molecular weight excluding hydrogens is 522 g/mol. The van der Waals surface area contributed by atoms with Crippen molar-refractivity contribution in [3.8, 4) is 11.5 Å². The molecular formula is C29H39NO10. The Balaban J connectivity index is 0.000000225. The van der Waals surface area contributed by atoms with Crippen molar-refractivity contribution in [2.45, 2.75) is 71.4 Å². The van der Waals surface area contributed by atoms with Crippen LogP contribution in [0.5, 0.6) is 11.5 Å². The maximum Gasteiger partial charge on any atom is 0.233 e. The highest BCUT2D eigenvalue weighted by Gasteiger charge is 2.34. The van der Waals surface area contributed by atoms with Crippen molar-refractivity contribution in [1.29, 1.82) is 0 Å². The van der Waals surface area contributed by atoms with Gasteiger partial charge in [0.25, 0.3) is 0 Å². The summed E-state index contributed by atoms with van der Waals surface area (Å²) in [4.78, 5) is 20.8. The topological polar surface area (TPSA) is 136 Å². The Morgan fingerprint density at radius 1 is 0.950 bits per heavy atom. The third kappa shape index (κ3) is 9.53. The smallest absolute Gasteiger partial charge is 0.233 e. The first kappa shape index (κ1) is 31.4. The highest BCUT2D eigenvalue weighted by Crippen LogP contribution is 2.26. The van der Waals surface area contributed by atoms with Crippen LogP contribution < -0.4 is 9.47 Å². The highest BCUT2D eigenvalue weighted by atomic mass is 16.8. The maximum absolute atomic E-state index is 10.8. The standard InChI is InChI=1S/C15H21NO6.C14H18O4/c1-10-4-5-11(6-13(10)14(17)7-16(18)19)20-8-12-9-21-15(2,3)22-12;1-10-4-5-12(6-11(10)7-15)16-8-13-9-17-14(2,3)18-13/h4-6,12,14,17H,7-9H2,1-3H3;4-7,13H,8-9H2,1-3H3/t12-,14+;13-/m00/s1. The number of rotatable bonds is 10. The van der Waals surface area contributed by atoms with Gasteiger partial charge >= 0.3 is 0 Å². The van der Waals surface area contributed by atoms with Crippen LogP contribution >= 0.6 is 0 Å². The van der Waals surface area contributed by atoms with E-state index in [1.165, 1.54) is 0 Å². The average Bonchev–Trinajstić information content (AvgIpc) is 3.42. The summed E-state index contributed by atoms with van der Waals surface area (Å²) in [6.45, 7) is 12.3. The van der Waals surface area contributed by atoms with Gasteiger partial charge in [-0.3, -0.25) is 14.9 Å². The van der Waals surface area contributed by atoms with Crippen molar-refractivity contribution in [3.05, 3.63) is 68.8 Å². The van der Waals surface area contributed by atoms with Crippen LogP contribution in [0.15, 0.2) is 36.4 Å². The van der Waals surface area contributed by atoms with Gasteiger partial charge in [0.15, 0.2) is 11.6 Å². The predicted molar refractivity (Wildman–Crippen MR) is 145 cm³/mol. The van der Waals surface area contributed by atoms with Crippen LogP contribution in [0, 0.1) is 24.0 Å². The molecule has 0 aromatic heterocycles. The first-order chi connectivity index (χ1) is 18.8. The van der Waals surface area contributed by atoms with E-state index in [0.29, 0.717) is 49.1 Å². The Morgan fingerprint density at radius 2 is 1.45 bits per heavy atom. The van der Waals surface area contributed by atoms with Crippen LogP contribution in [-0.4, -0.2) is 73.1 Å². The van der Waals surface area contributed by atoms with E-state index >= 15 is 0 Å². The zero-order valence-electron chi connectivity index (χ0n) is 23.9. The van der Waals surface area contributed by atoms with Crippen molar-refractivity contribution in [1.82, 2.24) is 0 Å². The summed E-state index contributed by atoms with van der Waals surface area (Å²) in [7, 11) is 0. The lowest BCUT2D eigenvalue weighted by Crippen LogP contribution is -2.25. The van der Waals surface area contributed by atoms with Crippen molar-refractivity contribution in [2.75, 3.05) is 33.0 Å². The van der Waals surface area contributed by atoms with E-state index < -0.39 is 29.1 Å². The second-order valence-electron chi connectivity index (χ2n) is 10.7. The first-order valence-electron chi connectivity index (χ1n) is 13.1. The van der Waals surface area contributed by atoms with E-state index in [-0.39, 0.29) is 12.2 Å². The Bertz CT molecular complexity index is 1170. The summed E-state index contributed by atoms with van der Waals surface area (Å²) in [6.07, 6.45) is -0.548. The molecule has 220 valence electrons. The Labute approximate surface area is 234 Å². The van der Waals surface area contributed by atoms with Crippen LogP contribution in [0.1, 0.15) is 60.8 Å². The van der Waals surface area contributed by atoms with Crippen molar-refractivity contribution in [3.63, 3.8) is 0 Å². The second-order valence-corrected chi connectivity index (χ2v) is 10.7. The summed E-state index contributed by atoms with van der Waals surface area (Å²) in [6, 6.07) is 10.6. The second kappa shape index (κ2) is 13.5. The quantitative estimate of drug-likeness (QED) is 0.256. The highest BCUT2D eigenvalue weighted by molar-refractivity contribution is 5.77. The largest absolute Gasteiger partial charge is 0.491 e. The molecule has 0 radical (unpaired) electrons. The van der Waals surface area contributed by atoms with Gasteiger partial charge in [-0.05, 0) is 82.5 Å². The number of aliphatic hydroxyl groups excluding tert-OH is 1. The lowest BCUT2D eigenvalue weighted by molar-refractivity contribution is -0.491. The molecule has 0 unspecified atom stereocenters. The van der Waals surface area contributed by atoms with Crippen LogP contribution in [0.25, 0.3) is 0 Å². The van der Waals surface area contributed by atoms with Gasteiger partial charge in [-0.25, -0.2) is 0 Å². The molecule has 0 bridgehead atoms. The van der Waals surface area contributed by atoms with Gasteiger partial charge in [-0.2, -0.15) is 0 Å². The lowest BCUT2D eigenvalue weighted by atomic mass is 10.0. The fraction of sp³-hybridized carbons (Fsp3) is 0.552. The van der Waals surface area contributed by atoms with Crippen molar-refractivity contribution >= 4 is 6.29 Å². The number of aliphatic hydroxyl groups is 1. The van der Waals surface area contributed by atoms with Crippen LogP contribution in [-0.2, 0) is 18.9 Å². The molecule has 2 saturated heterocycles. The lowest BCUT2D eigenvalue weighted by Gasteiger charge is -2.18. The number of carbonyl (C=O) groups excluding carboxylic acids is 1. The van der Waals surface area contributed by atoms with Crippen LogP contribution in [0.4, 0.5) is 0 Å². The molecule has 0 spiro atoms.